The molecule has 0 aliphatic carbocycles. The zero-order valence-corrected chi connectivity index (χ0v) is 6.88. The van der Waals surface area contributed by atoms with Crippen molar-refractivity contribution < 1.29 is 18.6 Å². The van der Waals surface area contributed by atoms with Crippen LogP contribution in [-0.2, 0) is 18.6 Å². The number of halogens is 4. The minimum Gasteiger partial charge on any atom is -0.0664 e. The van der Waals surface area contributed by atoms with Crippen molar-refractivity contribution in [1.82, 2.24) is 0 Å². The van der Waals surface area contributed by atoms with Crippen LogP contribution in [0, 0.1) is 0 Å². The van der Waals surface area contributed by atoms with Gasteiger partial charge in [-0.2, -0.15) is 0 Å². The van der Waals surface area contributed by atoms with Crippen molar-refractivity contribution in [2.45, 2.75) is 3.25 Å². The van der Waals surface area contributed by atoms with Crippen LogP contribution >= 0.6 is 46.4 Å². The number of rotatable bonds is 0. The van der Waals surface area contributed by atoms with Crippen LogP contribution in [0.4, 0.5) is 0 Å². The summed E-state index contributed by atoms with van der Waals surface area (Å²) >= 11 is 19.3. The molecule has 1 radical (unpaired) electrons. The maximum absolute atomic E-state index is 4.83. The van der Waals surface area contributed by atoms with Gasteiger partial charge in [-0.3, -0.25) is 0 Å². The van der Waals surface area contributed by atoms with E-state index in [0.717, 1.165) is 0 Å². The maximum atomic E-state index is 4.83. The van der Waals surface area contributed by atoms with Crippen molar-refractivity contribution in [1.29, 1.82) is 0 Å². The topological polar surface area (TPSA) is 0 Å². The normalized spacial score (nSPS) is 10.0. The van der Waals surface area contributed by atoms with Crippen LogP contribution in [0.3, 0.4) is 0 Å². The van der Waals surface area contributed by atoms with Gasteiger partial charge < -0.3 is 0 Å². The van der Waals surface area contributed by atoms with Crippen molar-refractivity contribution in [2.75, 3.05) is 0 Å². The molecule has 0 atom stereocenters. The van der Waals surface area contributed by atoms with Gasteiger partial charge in [-0.1, -0.05) is 46.4 Å². The van der Waals surface area contributed by atoms with Crippen molar-refractivity contribution >= 4 is 46.4 Å². The molecule has 0 fully saturated rings. The molecular formula is CCl4V. The molecule has 0 aliphatic rings. The molecule has 0 saturated heterocycles. The fourth-order valence-electron chi connectivity index (χ4n) is 0. The van der Waals surface area contributed by atoms with Crippen LogP contribution in [0.2, 0.25) is 0 Å². The first kappa shape index (κ1) is 10.7. The van der Waals surface area contributed by atoms with Gasteiger partial charge in [0.15, 0.2) is 0 Å². The second-order valence-electron chi connectivity index (χ2n) is 0.429. The van der Waals surface area contributed by atoms with Crippen LogP contribution in [0.15, 0.2) is 0 Å². The van der Waals surface area contributed by atoms with Crippen LogP contribution in [0.25, 0.3) is 0 Å². The molecule has 0 spiro atoms. The van der Waals surface area contributed by atoms with E-state index in [9.17, 15) is 0 Å². The molecule has 0 N–H and O–H groups in total. The van der Waals surface area contributed by atoms with E-state index in [1.165, 1.54) is 0 Å². The molecule has 6 heavy (non-hydrogen) atoms. The number of hydrogen-bond acceptors (Lipinski definition) is 0. The summed E-state index contributed by atoms with van der Waals surface area (Å²) in [6.07, 6.45) is 0. The quantitative estimate of drug-likeness (QED) is 0.532. The van der Waals surface area contributed by atoms with Crippen molar-refractivity contribution in [3.8, 4) is 0 Å². The van der Waals surface area contributed by atoms with Gasteiger partial charge in [0.2, 0.25) is 0 Å². The SMILES string of the molecule is ClC(Cl)(Cl)Cl.[V]. The van der Waals surface area contributed by atoms with Crippen LogP contribution in [0.5, 0.6) is 0 Å². The van der Waals surface area contributed by atoms with Gasteiger partial charge in [-0.15, -0.1) is 0 Å². The Labute approximate surface area is 68.0 Å². The molecule has 0 bridgehead atoms. The predicted octanol–water partition coefficient (Wildman–Crippen LogP) is 2.55. The average molecular weight is 205 g/mol. The molecule has 0 saturated carbocycles. The second kappa shape index (κ2) is 3.71. The maximum Gasteiger partial charge on any atom is 0.266 e. The summed E-state index contributed by atoms with van der Waals surface area (Å²) in [5.41, 5.74) is 0. The average Bonchev–Trinajstić information content (AvgIpc) is 0.722. The van der Waals surface area contributed by atoms with Gasteiger partial charge in [0.05, 0.1) is 0 Å². The minimum absolute atomic E-state index is 0. The third kappa shape index (κ3) is 42.5. The Hall–Kier alpha value is 1.74. The first-order valence-electron chi connectivity index (χ1n) is 0.756. The van der Waals surface area contributed by atoms with E-state index >= 15 is 0 Å². The Morgan fingerprint density at radius 1 is 0.833 bits per heavy atom. The molecule has 0 heterocycles. The fourth-order valence-corrected chi connectivity index (χ4v) is 0. The van der Waals surface area contributed by atoms with Crippen molar-refractivity contribution in [2.24, 2.45) is 0 Å². The molecule has 0 aromatic rings. The minimum atomic E-state index is -1.61. The molecule has 0 nitrogen and oxygen atoms in total. The van der Waals surface area contributed by atoms with Gasteiger partial charge in [-0.05, 0) is 0 Å². The summed E-state index contributed by atoms with van der Waals surface area (Å²) in [4.78, 5) is 0. The molecule has 0 amide bonds. The molecule has 0 aliphatic heterocycles. The Bertz CT molecular complexity index is 23.0. The van der Waals surface area contributed by atoms with Crippen LogP contribution in [-0.4, -0.2) is 3.25 Å². The van der Waals surface area contributed by atoms with Gasteiger partial charge in [0.25, 0.3) is 3.25 Å². The zero-order chi connectivity index (χ0) is 4.50. The molecular weight excluding hydrogens is 205 g/mol. The van der Waals surface area contributed by atoms with E-state index in [1.54, 1.807) is 0 Å². The van der Waals surface area contributed by atoms with E-state index in [1.807, 2.05) is 0 Å². The Kier molecular flexibility index (Phi) is 6.60. The fraction of sp³-hybridized carbons (Fsp3) is 1.00. The third-order valence-electron chi connectivity index (χ3n) is 0. The van der Waals surface area contributed by atoms with Crippen LogP contribution in [0.1, 0.15) is 0 Å². The van der Waals surface area contributed by atoms with Gasteiger partial charge in [0.1, 0.15) is 0 Å². The van der Waals surface area contributed by atoms with E-state index in [4.69, 9.17) is 46.4 Å². The summed E-state index contributed by atoms with van der Waals surface area (Å²) in [5, 5.41) is 0. The first-order chi connectivity index (χ1) is 2.00. The van der Waals surface area contributed by atoms with Gasteiger partial charge in [-0.25, -0.2) is 0 Å². The predicted molar refractivity (Wildman–Crippen MR) is 26.1 cm³/mol. The zero-order valence-electron chi connectivity index (χ0n) is 2.46. The Morgan fingerprint density at radius 3 is 0.833 bits per heavy atom. The molecule has 0 aromatic heterocycles. The van der Waals surface area contributed by atoms with Crippen LogP contribution < -0.4 is 0 Å². The summed E-state index contributed by atoms with van der Waals surface area (Å²) in [6, 6.07) is 0. The number of hydrogen-bond donors (Lipinski definition) is 0. The van der Waals surface area contributed by atoms with Gasteiger partial charge >= 0.3 is 0 Å². The summed E-state index contributed by atoms with van der Waals surface area (Å²) < 4.78 is -1.61. The number of alkyl halides is 4. The molecule has 37 valence electrons. The van der Waals surface area contributed by atoms with Crippen molar-refractivity contribution in [3.63, 3.8) is 0 Å². The summed E-state index contributed by atoms with van der Waals surface area (Å²) in [7, 11) is 0. The van der Waals surface area contributed by atoms with Gasteiger partial charge in [0, 0.05) is 18.6 Å². The Balaban J connectivity index is 0. The summed E-state index contributed by atoms with van der Waals surface area (Å²) in [5.74, 6) is 0. The Morgan fingerprint density at radius 2 is 0.833 bits per heavy atom. The monoisotopic (exact) mass is 203 g/mol. The first-order valence-corrected chi connectivity index (χ1v) is 2.27. The molecule has 0 unspecified atom stereocenters. The molecule has 0 aromatic carbocycles. The largest absolute Gasteiger partial charge is 0.266 e. The standard InChI is InChI=1S/CCl4.V/c2-1(3,4)5;. The summed E-state index contributed by atoms with van der Waals surface area (Å²) in [6.45, 7) is 0. The third-order valence-corrected chi connectivity index (χ3v) is 0. The molecule has 0 rings (SSSR count). The van der Waals surface area contributed by atoms with E-state index < -0.39 is 3.25 Å². The van der Waals surface area contributed by atoms with Crippen molar-refractivity contribution in [3.05, 3.63) is 0 Å². The second-order valence-corrected chi connectivity index (χ2v) is 3.86. The van der Waals surface area contributed by atoms with E-state index in [2.05, 4.69) is 0 Å². The molecule has 5 heteroatoms. The van der Waals surface area contributed by atoms with E-state index in [-0.39, 0.29) is 18.6 Å². The smallest absolute Gasteiger partial charge is 0.0664 e. The van der Waals surface area contributed by atoms with E-state index in [0.29, 0.717) is 0 Å².